The van der Waals surface area contributed by atoms with Gasteiger partial charge in [-0.05, 0) is 32.4 Å². The van der Waals surface area contributed by atoms with Crippen molar-refractivity contribution < 1.29 is 19.4 Å². The number of carbonyl (C=O) groups is 2. The van der Waals surface area contributed by atoms with Crippen LogP contribution in [-0.4, -0.2) is 45.9 Å². The lowest BCUT2D eigenvalue weighted by molar-refractivity contribution is -0.128. The van der Waals surface area contributed by atoms with E-state index in [0.29, 0.717) is 30.1 Å². The van der Waals surface area contributed by atoms with E-state index in [9.17, 15) is 19.5 Å². The van der Waals surface area contributed by atoms with E-state index in [1.807, 2.05) is 0 Å². The second-order valence-electron chi connectivity index (χ2n) is 6.34. The van der Waals surface area contributed by atoms with E-state index in [1.54, 1.807) is 32.0 Å². The average molecular weight is 374 g/mol. The zero-order valence-electron chi connectivity index (χ0n) is 15.2. The Morgan fingerprint density at radius 2 is 2.22 bits per heavy atom. The highest BCUT2D eigenvalue weighted by Crippen LogP contribution is 2.24. The first-order valence-electron chi connectivity index (χ1n) is 8.79. The lowest BCUT2D eigenvalue weighted by Crippen LogP contribution is -2.48. The molecule has 0 radical (unpaired) electrons. The van der Waals surface area contributed by atoms with Crippen LogP contribution >= 0.6 is 0 Å². The standard InChI is InChI=1S/C18H22N4O5/c1-3-27-9-15(24)20-12-6-4-5-11-16(12)18(26)22(10(2)19-11)13-7-8-14(23)21-17(13)25/h4-6,13,17,25H,3,7-9H2,1-2H3,(H,20,24)(H,21,23). The molecule has 2 aromatic rings. The van der Waals surface area contributed by atoms with E-state index in [0.717, 1.165) is 0 Å². The van der Waals surface area contributed by atoms with E-state index in [1.165, 1.54) is 4.57 Å². The van der Waals surface area contributed by atoms with E-state index in [-0.39, 0.29) is 35.8 Å². The Balaban J connectivity index is 2.06. The van der Waals surface area contributed by atoms with Gasteiger partial charge >= 0.3 is 0 Å². The first-order chi connectivity index (χ1) is 12.9. The van der Waals surface area contributed by atoms with Crippen molar-refractivity contribution in [3.8, 4) is 0 Å². The average Bonchev–Trinajstić information content (AvgIpc) is 2.61. The molecule has 144 valence electrons. The molecule has 9 nitrogen and oxygen atoms in total. The molecule has 0 spiro atoms. The maximum absolute atomic E-state index is 13.2. The molecular weight excluding hydrogens is 352 g/mol. The van der Waals surface area contributed by atoms with Gasteiger partial charge < -0.3 is 20.5 Å². The highest BCUT2D eigenvalue weighted by atomic mass is 16.5. The second-order valence-corrected chi connectivity index (χ2v) is 6.34. The van der Waals surface area contributed by atoms with Gasteiger partial charge in [-0.15, -0.1) is 0 Å². The van der Waals surface area contributed by atoms with Gasteiger partial charge in [-0.2, -0.15) is 0 Å². The third-order valence-electron chi connectivity index (χ3n) is 4.49. The van der Waals surface area contributed by atoms with Crippen molar-refractivity contribution >= 4 is 28.4 Å². The van der Waals surface area contributed by atoms with Crippen molar-refractivity contribution in [1.82, 2.24) is 14.9 Å². The minimum absolute atomic E-state index is 0.117. The number of anilines is 1. The maximum atomic E-state index is 13.2. The molecule has 2 unspecified atom stereocenters. The quantitative estimate of drug-likeness (QED) is 0.698. The van der Waals surface area contributed by atoms with Crippen molar-refractivity contribution in [3.05, 3.63) is 34.4 Å². The first kappa shape index (κ1) is 19.0. The summed E-state index contributed by atoms with van der Waals surface area (Å²) >= 11 is 0. The normalized spacial score (nSPS) is 19.7. The summed E-state index contributed by atoms with van der Waals surface area (Å²) < 4.78 is 6.47. The smallest absolute Gasteiger partial charge is 0.263 e. The number of carbonyl (C=O) groups excluding carboxylic acids is 2. The second kappa shape index (κ2) is 7.85. The molecule has 0 bridgehead atoms. The van der Waals surface area contributed by atoms with Crippen molar-refractivity contribution in [2.75, 3.05) is 18.5 Å². The number of amides is 2. The molecule has 1 aromatic heterocycles. The Labute approximate surface area is 155 Å². The van der Waals surface area contributed by atoms with Gasteiger partial charge in [0.15, 0.2) is 0 Å². The Morgan fingerprint density at radius 1 is 1.44 bits per heavy atom. The summed E-state index contributed by atoms with van der Waals surface area (Å²) in [5, 5.41) is 15.6. The van der Waals surface area contributed by atoms with Crippen molar-refractivity contribution in [2.24, 2.45) is 0 Å². The van der Waals surface area contributed by atoms with Crippen LogP contribution in [-0.2, 0) is 14.3 Å². The molecule has 3 rings (SSSR count). The predicted molar refractivity (Wildman–Crippen MR) is 98.3 cm³/mol. The highest BCUT2D eigenvalue weighted by Gasteiger charge is 2.31. The maximum Gasteiger partial charge on any atom is 0.263 e. The van der Waals surface area contributed by atoms with Crippen LogP contribution in [0.4, 0.5) is 5.69 Å². The van der Waals surface area contributed by atoms with Gasteiger partial charge in [0.05, 0.1) is 22.6 Å². The number of nitrogens with zero attached hydrogens (tertiary/aromatic N) is 2. The number of fused-ring (bicyclic) bond motifs is 1. The monoisotopic (exact) mass is 374 g/mol. The Hall–Kier alpha value is -2.78. The van der Waals surface area contributed by atoms with Crippen LogP contribution in [0.25, 0.3) is 10.9 Å². The zero-order valence-corrected chi connectivity index (χ0v) is 15.2. The molecule has 0 aliphatic carbocycles. The van der Waals surface area contributed by atoms with Gasteiger partial charge in [-0.3, -0.25) is 19.0 Å². The van der Waals surface area contributed by atoms with Crippen LogP contribution in [0.2, 0.25) is 0 Å². The molecule has 2 amide bonds. The molecule has 1 saturated heterocycles. The van der Waals surface area contributed by atoms with Crippen LogP contribution in [0.5, 0.6) is 0 Å². The number of hydrogen-bond donors (Lipinski definition) is 3. The van der Waals surface area contributed by atoms with Gasteiger partial charge in [-0.1, -0.05) is 6.07 Å². The van der Waals surface area contributed by atoms with Gasteiger partial charge in [0.2, 0.25) is 11.8 Å². The molecule has 0 saturated carbocycles. The van der Waals surface area contributed by atoms with Gasteiger partial charge in [0, 0.05) is 13.0 Å². The Kier molecular flexibility index (Phi) is 5.52. The molecule has 9 heteroatoms. The SMILES string of the molecule is CCOCC(=O)Nc1cccc2nc(C)n(C3CCC(=O)NC3O)c(=O)c12. The number of ether oxygens (including phenoxy) is 1. The molecule has 2 atom stereocenters. The van der Waals surface area contributed by atoms with E-state index >= 15 is 0 Å². The molecule has 27 heavy (non-hydrogen) atoms. The number of aromatic nitrogens is 2. The zero-order chi connectivity index (χ0) is 19.6. The molecule has 2 heterocycles. The summed E-state index contributed by atoms with van der Waals surface area (Å²) in [5.74, 6) is -0.214. The fourth-order valence-electron chi connectivity index (χ4n) is 3.27. The third-order valence-corrected chi connectivity index (χ3v) is 4.49. The number of piperidine rings is 1. The Bertz CT molecular complexity index is 939. The lowest BCUT2D eigenvalue weighted by atomic mass is 10.0. The Morgan fingerprint density at radius 3 is 2.93 bits per heavy atom. The third kappa shape index (κ3) is 3.83. The van der Waals surface area contributed by atoms with Crippen molar-refractivity contribution in [1.29, 1.82) is 0 Å². The molecule has 1 aliphatic rings. The van der Waals surface area contributed by atoms with E-state index in [4.69, 9.17) is 4.74 Å². The number of aliphatic hydroxyl groups is 1. The number of hydrogen-bond acceptors (Lipinski definition) is 6. The number of nitrogens with one attached hydrogen (secondary N) is 2. The number of rotatable bonds is 5. The molecule has 3 N–H and O–H groups in total. The van der Waals surface area contributed by atoms with Crippen LogP contribution in [0.3, 0.4) is 0 Å². The minimum atomic E-state index is -1.18. The largest absolute Gasteiger partial charge is 0.372 e. The fourth-order valence-corrected chi connectivity index (χ4v) is 3.27. The highest BCUT2D eigenvalue weighted by molar-refractivity contribution is 6.01. The molecule has 1 fully saturated rings. The molecule has 1 aliphatic heterocycles. The van der Waals surface area contributed by atoms with Gasteiger partial charge in [0.1, 0.15) is 18.7 Å². The van der Waals surface area contributed by atoms with Crippen LogP contribution in [0, 0.1) is 6.92 Å². The summed E-state index contributed by atoms with van der Waals surface area (Å²) in [6.45, 7) is 3.74. The number of aryl methyl sites for hydroxylation is 1. The van der Waals surface area contributed by atoms with Crippen LogP contribution < -0.4 is 16.2 Å². The number of benzene rings is 1. The topological polar surface area (TPSA) is 123 Å². The summed E-state index contributed by atoms with van der Waals surface area (Å²) in [4.78, 5) is 41.1. The summed E-state index contributed by atoms with van der Waals surface area (Å²) in [7, 11) is 0. The molecule has 1 aromatic carbocycles. The predicted octanol–water partition coefficient (Wildman–Crippen LogP) is 0.449. The number of aliphatic hydroxyl groups excluding tert-OH is 1. The summed E-state index contributed by atoms with van der Waals surface area (Å²) in [6.07, 6.45) is -0.653. The summed E-state index contributed by atoms with van der Waals surface area (Å²) in [6, 6.07) is 4.38. The van der Waals surface area contributed by atoms with Crippen LogP contribution in [0.15, 0.2) is 23.0 Å². The van der Waals surface area contributed by atoms with E-state index < -0.39 is 12.3 Å². The van der Waals surface area contributed by atoms with E-state index in [2.05, 4.69) is 15.6 Å². The van der Waals surface area contributed by atoms with Crippen molar-refractivity contribution in [2.45, 2.75) is 39.0 Å². The van der Waals surface area contributed by atoms with Crippen molar-refractivity contribution in [3.63, 3.8) is 0 Å². The van der Waals surface area contributed by atoms with Crippen LogP contribution in [0.1, 0.15) is 31.6 Å². The first-order valence-corrected chi connectivity index (χ1v) is 8.79. The minimum Gasteiger partial charge on any atom is -0.372 e. The lowest BCUT2D eigenvalue weighted by Gasteiger charge is -2.31. The summed E-state index contributed by atoms with van der Waals surface area (Å²) in [5.41, 5.74) is 0.389. The van der Waals surface area contributed by atoms with Gasteiger partial charge in [-0.25, -0.2) is 4.98 Å². The fraction of sp³-hybridized carbons (Fsp3) is 0.444. The molecular formula is C18H22N4O5. The van der Waals surface area contributed by atoms with Gasteiger partial charge in [0.25, 0.3) is 5.56 Å².